The van der Waals surface area contributed by atoms with E-state index in [9.17, 15) is 38.9 Å². The van der Waals surface area contributed by atoms with Crippen molar-refractivity contribution in [2.45, 2.75) is 63.0 Å². The van der Waals surface area contributed by atoms with Gasteiger partial charge in [0, 0.05) is 47.7 Å². The summed E-state index contributed by atoms with van der Waals surface area (Å²) in [6, 6.07) is 14.8. The summed E-state index contributed by atoms with van der Waals surface area (Å²) in [4.78, 5) is 13.1. The fourth-order valence-electron chi connectivity index (χ4n) is 5.67. The average Bonchev–Trinajstić information content (AvgIpc) is 3.22. The zero-order valence-electron chi connectivity index (χ0n) is 35.2. The summed E-state index contributed by atoms with van der Waals surface area (Å²) in [6.45, 7) is 4.99. The molecule has 0 saturated heterocycles. The van der Waals surface area contributed by atoms with Gasteiger partial charge in [-0.2, -0.15) is 45.4 Å². The minimum atomic E-state index is -4.70. The summed E-state index contributed by atoms with van der Waals surface area (Å²) >= 11 is 25.5. The molecule has 66 heavy (non-hydrogen) atoms. The zero-order chi connectivity index (χ0) is 48.4. The number of aryl methyl sites for hydroxylation is 1. The van der Waals surface area contributed by atoms with E-state index in [1.807, 2.05) is 13.8 Å². The van der Waals surface area contributed by atoms with Crippen molar-refractivity contribution in [2.24, 2.45) is 20.5 Å². The molecule has 5 aromatic rings. The largest absolute Gasteiger partial charge is 0.493 e. The number of nitrogens with zero attached hydrogens (tertiary/aromatic N) is 7. The first-order valence-corrected chi connectivity index (χ1v) is 25.7. The molecule has 0 amide bonds. The van der Waals surface area contributed by atoms with E-state index in [0.29, 0.717) is 39.9 Å². The Balaban J connectivity index is 1.55. The molecule has 1 atom stereocenters. The number of ether oxygens (including phenoxy) is 2. The zero-order valence-corrected chi connectivity index (χ0v) is 40.7. The predicted octanol–water partition coefficient (Wildman–Crippen LogP) is 10.6. The third-order valence-corrected chi connectivity index (χ3v) is 13.5. The molecule has 0 spiro atoms. The third kappa shape index (κ3) is 15.7. The molecule has 354 valence electrons. The average molecular weight is 1050 g/mol. The highest BCUT2D eigenvalue weighted by Crippen LogP contribution is 2.38. The Morgan fingerprint density at radius 1 is 0.667 bits per heavy atom. The Hall–Kier alpha value is -4.62. The van der Waals surface area contributed by atoms with Crippen LogP contribution in [0.1, 0.15) is 61.4 Å². The van der Waals surface area contributed by atoms with E-state index in [0.717, 1.165) is 24.5 Å². The Morgan fingerprint density at radius 2 is 1.18 bits per heavy atom. The number of azo groups is 2. The number of aromatic nitrogens is 3. The SMILES string of the molecule is CCCCOc1cc(N=Nc2ccc(Cl)c(C)c2)c(Cl)cc1Cc1nc(Cc2cc(Cl)c(N=Nc3ccc(Cl)c(S(=O)(=O)O)c3)cc2OCCCS(=O)(=O)O)nc(NCC(C)S(=O)(=O)O)n1. The lowest BCUT2D eigenvalue weighted by molar-refractivity contribution is 0.306. The molecule has 26 heteroatoms. The summed E-state index contributed by atoms with van der Waals surface area (Å²) in [5.74, 6) is 0.125. The van der Waals surface area contributed by atoms with Crippen LogP contribution in [0.15, 0.2) is 86.0 Å². The predicted molar refractivity (Wildman–Crippen MR) is 251 cm³/mol. The molecular formula is C40H42Cl4N8O11S3. The van der Waals surface area contributed by atoms with E-state index in [-0.39, 0.29) is 82.2 Å². The Kier molecular flexibility index (Phi) is 18.2. The molecule has 0 radical (unpaired) electrons. The van der Waals surface area contributed by atoms with E-state index in [4.69, 9.17) is 60.9 Å². The summed E-state index contributed by atoms with van der Waals surface area (Å²) in [7, 11) is -13.5. The van der Waals surface area contributed by atoms with Crippen molar-refractivity contribution in [1.82, 2.24) is 15.0 Å². The van der Waals surface area contributed by atoms with Crippen LogP contribution in [0.4, 0.5) is 28.7 Å². The first kappa shape index (κ1) is 52.4. The molecule has 0 aliphatic carbocycles. The molecule has 4 aromatic carbocycles. The van der Waals surface area contributed by atoms with Crippen LogP contribution in [-0.2, 0) is 43.2 Å². The van der Waals surface area contributed by atoms with Gasteiger partial charge < -0.3 is 14.8 Å². The lowest BCUT2D eigenvalue weighted by Crippen LogP contribution is -2.26. The number of nitrogens with one attached hydrogen (secondary N) is 1. The maximum atomic E-state index is 11.9. The Morgan fingerprint density at radius 3 is 1.67 bits per heavy atom. The molecule has 0 aliphatic heterocycles. The number of anilines is 1. The van der Waals surface area contributed by atoms with Gasteiger partial charge in [0.15, 0.2) is 0 Å². The van der Waals surface area contributed by atoms with Crippen LogP contribution < -0.4 is 14.8 Å². The van der Waals surface area contributed by atoms with Crippen molar-refractivity contribution < 1.29 is 48.4 Å². The van der Waals surface area contributed by atoms with Gasteiger partial charge in [0.2, 0.25) is 5.95 Å². The number of halogens is 4. The van der Waals surface area contributed by atoms with Gasteiger partial charge in [-0.15, -0.1) is 10.2 Å². The van der Waals surface area contributed by atoms with Crippen LogP contribution in [0.2, 0.25) is 20.1 Å². The van der Waals surface area contributed by atoms with Crippen LogP contribution in [0, 0.1) is 6.92 Å². The topological polar surface area (TPSA) is 282 Å². The lowest BCUT2D eigenvalue weighted by atomic mass is 10.1. The van der Waals surface area contributed by atoms with Gasteiger partial charge in [0.1, 0.15) is 44.7 Å². The lowest BCUT2D eigenvalue weighted by Gasteiger charge is -2.16. The standard InChI is InChI=1S/C40H42Cl4N8O11S3/c1-4-5-11-62-35-20-33(51-49-27-7-9-29(41)23(2)14-27)31(43)15-25(35)17-38-46-39(48-40(47-38)45-22-24(3)65(56,57)58)18-26-16-32(44)34(21-36(26)63-12-6-13-64(53,54)55)52-50-28-8-10-30(42)37(19-28)66(59,60)61/h7-10,14-16,19-21,24H,4-6,11-13,17-18,22H2,1-3H3,(H,53,54,55)(H,56,57,58)(H,59,60,61)(H,45,46,47,48). The molecule has 0 saturated carbocycles. The number of hydrogen-bond donors (Lipinski definition) is 4. The molecule has 4 N–H and O–H groups in total. The molecule has 0 aliphatic rings. The summed E-state index contributed by atoms with van der Waals surface area (Å²) in [6.07, 6.45) is 1.35. The first-order chi connectivity index (χ1) is 31.0. The van der Waals surface area contributed by atoms with Gasteiger partial charge >= 0.3 is 0 Å². The molecule has 5 rings (SSSR count). The molecular weight excluding hydrogens is 1010 g/mol. The van der Waals surface area contributed by atoms with Crippen LogP contribution in [0.3, 0.4) is 0 Å². The molecule has 1 aromatic heterocycles. The van der Waals surface area contributed by atoms with Crippen LogP contribution in [-0.4, -0.2) is 84.6 Å². The third-order valence-electron chi connectivity index (χ3n) is 9.18. The van der Waals surface area contributed by atoms with Crippen LogP contribution >= 0.6 is 46.4 Å². The smallest absolute Gasteiger partial charge is 0.296 e. The summed E-state index contributed by atoms with van der Waals surface area (Å²) < 4.78 is 111. The van der Waals surface area contributed by atoms with Gasteiger partial charge in [-0.1, -0.05) is 59.7 Å². The van der Waals surface area contributed by atoms with Crippen molar-refractivity contribution in [3.05, 3.63) is 109 Å². The summed E-state index contributed by atoms with van der Waals surface area (Å²) in [5.41, 5.74) is 2.58. The monoisotopic (exact) mass is 1050 g/mol. The number of unbranched alkanes of at least 4 members (excludes halogenated alkanes) is 1. The van der Waals surface area contributed by atoms with Crippen molar-refractivity contribution in [3.8, 4) is 11.5 Å². The maximum Gasteiger partial charge on any atom is 0.296 e. The van der Waals surface area contributed by atoms with Gasteiger partial charge in [0.25, 0.3) is 30.4 Å². The second kappa shape index (κ2) is 22.9. The van der Waals surface area contributed by atoms with Crippen LogP contribution in [0.5, 0.6) is 11.5 Å². The normalized spacial score (nSPS) is 12.8. The minimum absolute atomic E-state index is 0.0100. The van der Waals surface area contributed by atoms with E-state index in [2.05, 4.69) is 35.7 Å². The van der Waals surface area contributed by atoms with Gasteiger partial charge in [-0.25, -0.2) is 4.98 Å². The second-order valence-electron chi connectivity index (χ2n) is 14.5. The number of benzene rings is 4. The van der Waals surface area contributed by atoms with Crippen molar-refractivity contribution in [3.63, 3.8) is 0 Å². The van der Waals surface area contributed by atoms with E-state index >= 15 is 0 Å². The maximum absolute atomic E-state index is 11.9. The minimum Gasteiger partial charge on any atom is -0.493 e. The molecule has 1 heterocycles. The van der Waals surface area contributed by atoms with Crippen molar-refractivity contribution in [1.29, 1.82) is 0 Å². The fraction of sp³-hybridized carbons (Fsp3) is 0.325. The van der Waals surface area contributed by atoms with E-state index in [1.165, 1.54) is 31.2 Å². The highest BCUT2D eigenvalue weighted by atomic mass is 35.5. The van der Waals surface area contributed by atoms with Crippen molar-refractivity contribution in [2.75, 3.05) is 30.8 Å². The van der Waals surface area contributed by atoms with Crippen LogP contribution in [0.25, 0.3) is 0 Å². The number of rotatable bonds is 22. The summed E-state index contributed by atoms with van der Waals surface area (Å²) in [5, 5.41) is 19.0. The fourth-order valence-corrected chi connectivity index (χ4v) is 8.01. The molecule has 0 bridgehead atoms. The number of hydrogen-bond acceptors (Lipinski definition) is 16. The highest BCUT2D eigenvalue weighted by molar-refractivity contribution is 7.86. The quantitative estimate of drug-likeness (QED) is 0.0285. The van der Waals surface area contributed by atoms with Gasteiger partial charge in [-0.3, -0.25) is 13.7 Å². The first-order valence-electron chi connectivity index (χ1n) is 19.6. The second-order valence-corrected chi connectivity index (χ2v) is 20.9. The van der Waals surface area contributed by atoms with E-state index in [1.54, 1.807) is 30.3 Å². The molecule has 19 nitrogen and oxygen atoms in total. The van der Waals surface area contributed by atoms with E-state index < -0.39 is 46.3 Å². The Bertz CT molecular complexity index is 2990. The molecule has 1 unspecified atom stereocenters. The van der Waals surface area contributed by atoms with Gasteiger partial charge in [-0.05, 0) is 80.8 Å². The molecule has 0 fully saturated rings. The Labute approximate surface area is 401 Å². The van der Waals surface area contributed by atoms with Gasteiger partial charge in [0.05, 0.1) is 45.4 Å². The van der Waals surface area contributed by atoms with Crippen molar-refractivity contribution >= 4 is 105 Å². The highest BCUT2D eigenvalue weighted by Gasteiger charge is 2.21.